The average molecular weight is 91.1 g/mol. The summed E-state index contributed by atoms with van der Waals surface area (Å²) in [7, 11) is 0. The third-order valence-corrected chi connectivity index (χ3v) is 0.753. The van der Waals surface area contributed by atoms with Gasteiger partial charge in [0, 0.05) is 6.20 Å². The quantitative estimate of drug-likeness (QED) is 0.458. The van der Waals surface area contributed by atoms with E-state index in [0.717, 1.165) is 5.69 Å². The van der Waals surface area contributed by atoms with Crippen LogP contribution in [0.1, 0.15) is 5.69 Å². The van der Waals surface area contributed by atoms with Gasteiger partial charge in [-0.25, -0.2) is 0 Å². The highest BCUT2D eigenvalue weighted by molar-refractivity contribution is 5.23. The van der Waals surface area contributed by atoms with Gasteiger partial charge in [0.05, 0.1) is 5.69 Å². The van der Waals surface area contributed by atoms with Gasteiger partial charge in [-0.15, -0.1) is 6.42 Å². The van der Waals surface area contributed by atoms with Crippen LogP contribution in [0.4, 0.5) is 0 Å². The Kier molecular flexibility index (Phi) is 0.874. The summed E-state index contributed by atoms with van der Waals surface area (Å²) in [5, 5.41) is 0. The average Bonchev–Trinajstić information content (AvgIpc) is 2.14. The Hall–Kier alpha value is -1.16. The highest BCUT2D eigenvalue weighted by atomic mass is 14.7. The van der Waals surface area contributed by atoms with E-state index in [-0.39, 0.29) is 0 Å². The topological polar surface area (TPSA) is 15.8 Å². The van der Waals surface area contributed by atoms with Crippen molar-refractivity contribution in [2.45, 2.75) is 0 Å². The number of rotatable bonds is 0. The summed E-state index contributed by atoms with van der Waals surface area (Å²) in [6.07, 6.45) is 6.81. The van der Waals surface area contributed by atoms with E-state index in [0.29, 0.717) is 0 Å². The maximum atomic E-state index is 5.01. The number of H-pyrrole nitrogens is 1. The van der Waals surface area contributed by atoms with Gasteiger partial charge in [-0.1, -0.05) is 5.92 Å². The molecule has 0 bridgehead atoms. The van der Waals surface area contributed by atoms with Crippen LogP contribution in [0.15, 0.2) is 18.3 Å². The first-order valence-corrected chi connectivity index (χ1v) is 2.03. The predicted octanol–water partition coefficient (Wildman–Crippen LogP) is 0.996. The first-order valence-electron chi connectivity index (χ1n) is 2.03. The highest BCUT2D eigenvalue weighted by Gasteiger charge is 1.77. The van der Waals surface area contributed by atoms with Crippen LogP contribution in [-0.2, 0) is 0 Å². The lowest BCUT2D eigenvalue weighted by Gasteiger charge is -1.70. The van der Waals surface area contributed by atoms with E-state index in [9.17, 15) is 0 Å². The van der Waals surface area contributed by atoms with E-state index >= 15 is 0 Å². The van der Waals surface area contributed by atoms with Crippen molar-refractivity contribution in [3.8, 4) is 12.3 Å². The summed E-state index contributed by atoms with van der Waals surface area (Å²) in [6.45, 7) is 0. The fraction of sp³-hybridized carbons (Fsp3) is 0. The first-order chi connectivity index (χ1) is 3.43. The van der Waals surface area contributed by atoms with Crippen molar-refractivity contribution in [3.05, 3.63) is 24.0 Å². The number of terminal acetylenes is 1. The van der Waals surface area contributed by atoms with E-state index in [1.807, 2.05) is 12.1 Å². The Bertz CT molecular complexity index is 167. The molecule has 0 spiro atoms. The van der Waals surface area contributed by atoms with E-state index < -0.39 is 0 Å². The molecule has 0 saturated carbocycles. The minimum atomic E-state index is 0.833. The Balaban J connectivity index is 3.04. The number of nitrogens with one attached hydrogen (secondary N) is 1. The molecule has 0 aromatic carbocycles. The molecule has 1 N–H and O–H groups in total. The number of aromatic amines is 1. The summed E-state index contributed by atoms with van der Waals surface area (Å²) in [5.41, 5.74) is 0.833. The van der Waals surface area contributed by atoms with E-state index in [1.54, 1.807) is 6.20 Å². The van der Waals surface area contributed by atoms with Crippen LogP contribution in [0.2, 0.25) is 0 Å². The van der Waals surface area contributed by atoms with E-state index in [2.05, 4.69) is 10.9 Å². The van der Waals surface area contributed by atoms with Crippen LogP contribution in [0, 0.1) is 12.3 Å². The Labute approximate surface area is 42.4 Å². The van der Waals surface area contributed by atoms with Crippen LogP contribution >= 0.6 is 0 Å². The molecule has 0 unspecified atom stereocenters. The van der Waals surface area contributed by atoms with Gasteiger partial charge in [0.1, 0.15) is 0 Å². The van der Waals surface area contributed by atoms with Gasteiger partial charge < -0.3 is 4.98 Å². The first kappa shape index (κ1) is 4.01. The van der Waals surface area contributed by atoms with Crippen molar-refractivity contribution in [3.63, 3.8) is 0 Å². The number of hydrogen-bond donors (Lipinski definition) is 1. The molecular weight excluding hydrogens is 86.1 g/mol. The Morgan fingerprint density at radius 2 is 2.57 bits per heavy atom. The monoisotopic (exact) mass is 91.0 g/mol. The van der Waals surface area contributed by atoms with Crippen molar-refractivity contribution in [1.29, 1.82) is 0 Å². The summed E-state index contributed by atoms with van der Waals surface area (Å²) in [5.74, 6) is 2.45. The van der Waals surface area contributed by atoms with Gasteiger partial charge in [-0.3, -0.25) is 0 Å². The second-order valence-electron chi connectivity index (χ2n) is 1.23. The minimum absolute atomic E-state index is 0.833. The zero-order valence-electron chi connectivity index (χ0n) is 3.81. The van der Waals surface area contributed by atoms with Crippen LogP contribution in [0.5, 0.6) is 0 Å². The molecule has 0 radical (unpaired) electrons. The molecule has 1 heterocycles. The summed E-state index contributed by atoms with van der Waals surface area (Å²) >= 11 is 0. The van der Waals surface area contributed by atoms with Gasteiger partial charge in [0.2, 0.25) is 0 Å². The van der Waals surface area contributed by atoms with Gasteiger partial charge in [0.15, 0.2) is 0 Å². The van der Waals surface area contributed by atoms with Crippen molar-refractivity contribution < 1.29 is 0 Å². The van der Waals surface area contributed by atoms with Crippen LogP contribution in [0.25, 0.3) is 0 Å². The Morgan fingerprint density at radius 1 is 1.71 bits per heavy atom. The lowest BCUT2D eigenvalue weighted by atomic mass is 10.5. The second kappa shape index (κ2) is 1.53. The number of aromatic nitrogens is 1. The van der Waals surface area contributed by atoms with Crippen molar-refractivity contribution in [1.82, 2.24) is 4.98 Å². The molecule has 0 aliphatic heterocycles. The van der Waals surface area contributed by atoms with Gasteiger partial charge in [-0.2, -0.15) is 0 Å². The molecular formula is C6H5N. The molecule has 7 heavy (non-hydrogen) atoms. The molecule has 0 aliphatic carbocycles. The second-order valence-corrected chi connectivity index (χ2v) is 1.23. The number of hydrogen-bond acceptors (Lipinski definition) is 0. The molecule has 0 atom stereocenters. The molecule has 0 saturated heterocycles. The third-order valence-electron chi connectivity index (χ3n) is 0.753. The molecule has 34 valence electrons. The van der Waals surface area contributed by atoms with Crippen molar-refractivity contribution >= 4 is 0 Å². The summed E-state index contributed by atoms with van der Waals surface area (Å²) in [6, 6.07) is 3.72. The van der Waals surface area contributed by atoms with Gasteiger partial charge >= 0.3 is 0 Å². The zero-order valence-corrected chi connectivity index (χ0v) is 3.81. The van der Waals surface area contributed by atoms with E-state index in [1.165, 1.54) is 0 Å². The highest BCUT2D eigenvalue weighted by Crippen LogP contribution is 1.87. The zero-order chi connectivity index (χ0) is 5.11. The smallest absolute Gasteiger partial charge is 0.0890 e. The molecule has 1 aromatic heterocycles. The Morgan fingerprint density at radius 3 is 2.86 bits per heavy atom. The summed E-state index contributed by atoms with van der Waals surface area (Å²) < 4.78 is 0. The van der Waals surface area contributed by atoms with E-state index in [4.69, 9.17) is 6.42 Å². The SMILES string of the molecule is C#Cc1ccc[nH]1. The van der Waals surface area contributed by atoms with Gasteiger partial charge in [-0.05, 0) is 12.1 Å². The van der Waals surface area contributed by atoms with Crippen molar-refractivity contribution in [2.75, 3.05) is 0 Å². The van der Waals surface area contributed by atoms with Crippen molar-refractivity contribution in [2.24, 2.45) is 0 Å². The fourth-order valence-corrected chi connectivity index (χ4v) is 0.420. The standard InChI is InChI=1S/C6H5N/c1-2-6-4-3-5-7-6/h1,3-5,7H. The largest absolute Gasteiger partial charge is 0.355 e. The van der Waals surface area contributed by atoms with Crippen LogP contribution in [-0.4, -0.2) is 4.98 Å². The molecule has 0 aliphatic rings. The molecule has 1 heteroatoms. The fourth-order valence-electron chi connectivity index (χ4n) is 0.420. The maximum absolute atomic E-state index is 5.01. The lowest BCUT2D eigenvalue weighted by molar-refractivity contribution is 1.37. The van der Waals surface area contributed by atoms with Crippen LogP contribution in [0.3, 0.4) is 0 Å². The summed E-state index contributed by atoms with van der Waals surface area (Å²) in [4.78, 5) is 2.85. The predicted molar refractivity (Wildman–Crippen MR) is 28.7 cm³/mol. The molecule has 1 nitrogen and oxygen atoms in total. The normalized spacial score (nSPS) is 7.86. The lowest BCUT2D eigenvalue weighted by Crippen LogP contribution is -1.64. The third kappa shape index (κ3) is 0.635. The van der Waals surface area contributed by atoms with Gasteiger partial charge in [0.25, 0.3) is 0 Å². The molecule has 0 fully saturated rings. The van der Waals surface area contributed by atoms with Crippen LogP contribution < -0.4 is 0 Å². The molecule has 1 aromatic rings. The molecule has 1 rings (SSSR count). The maximum Gasteiger partial charge on any atom is 0.0890 e. The molecule has 0 amide bonds. The minimum Gasteiger partial charge on any atom is -0.355 e.